The van der Waals surface area contributed by atoms with Crippen molar-refractivity contribution in [1.82, 2.24) is 0 Å². The molecule has 0 aliphatic carbocycles. The van der Waals surface area contributed by atoms with Crippen LogP contribution in [0.4, 0.5) is 0 Å². The van der Waals surface area contributed by atoms with Crippen LogP contribution in [0.1, 0.15) is 20.3 Å². The highest BCUT2D eigenvalue weighted by Gasteiger charge is 2.42. The molecule has 1 rings (SSSR count). The molecule has 98 valence electrons. The summed E-state index contributed by atoms with van der Waals surface area (Å²) >= 11 is 5.66. The van der Waals surface area contributed by atoms with Crippen molar-refractivity contribution >= 4 is 23.5 Å². The van der Waals surface area contributed by atoms with Gasteiger partial charge in [-0.2, -0.15) is 0 Å². The van der Waals surface area contributed by atoms with Crippen molar-refractivity contribution in [1.29, 1.82) is 0 Å². The zero-order valence-electron chi connectivity index (χ0n) is 9.59. The molecule has 1 aliphatic heterocycles. The zero-order chi connectivity index (χ0) is 13.0. The van der Waals surface area contributed by atoms with Gasteiger partial charge in [0.05, 0.1) is 5.88 Å². The quantitative estimate of drug-likeness (QED) is 0.580. The first-order chi connectivity index (χ1) is 7.93. The Hall–Kier alpha value is -0.850. The largest absolute Gasteiger partial charge is 0.458 e. The van der Waals surface area contributed by atoms with E-state index in [1.54, 1.807) is 0 Å². The topological polar surface area (TPSA) is 82.1 Å². The lowest BCUT2D eigenvalue weighted by Crippen LogP contribution is -2.52. The average Bonchev–Trinajstić information content (AvgIpc) is 2.20. The maximum absolute atomic E-state index is 11.0. The Morgan fingerprint density at radius 1 is 1.35 bits per heavy atom. The van der Waals surface area contributed by atoms with Crippen LogP contribution in [-0.2, 0) is 23.8 Å². The van der Waals surface area contributed by atoms with Crippen LogP contribution in [0.5, 0.6) is 0 Å². The number of esters is 2. The van der Waals surface area contributed by atoms with Gasteiger partial charge < -0.3 is 19.3 Å². The van der Waals surface area contributed by atoms with Gasteiger partial charge in [0.25, 0.3) is 0 Å². The fourth-order valence-corrected chi connectivity index (χ4v) is 1.95. The third kappa shape index (κ3) is 4.14. The van der Waals surface area contributed by atoms with E-state index in [1.807, 2.05) is 0 Å². The second-order valence-electron chi connectivity index (χ2n) is 3.74. The van der Waals surface area contributed by atoms with Crippen molar-refractivity contribution in [3.8, 4) is 0 Å². The number of ether oxygens (including phenoxy) is 3. The van der Waals surface area contributed by atoms with Crippen LogP contribution in [0.15, 0.2) is 0 Å². The van der Waals surface area contributed by atoms with Crippen LogP contribution in [0, 0.1) is 0 Å². The van der Waals surface area contributed by atoms with E-state index in [0.29, 0.717) is 0 Å². The number of aliphatic hydroxyl groups excluding tert-OH is 1. The molecule has 4 atom stereocenters. The molecule has 0 saturated carbocycles. The Balaban J connectivity index is 2.78. The summed E-state index contributed by atoms with van der Waals surface area (Å²) in [6, 6.07) is 0. The number of hydrogen-bond donors (Lipinski definition) is 1. The van der Waals surface area contributed by atoms with Crippen LogP contribution in [0.3, 0.4) is 0 Å². The van der Waals surface area contributed by atoms with Gasteiger partial charge in [-0.3, -0.25) is 9.59 Å². The van der Waals surface area contributed by atoms with E-state index in [2.05, 4.69) is 0 Å². The van der Waals surface area contributed by atoms with E-state index in [0.717, 1.165) is 0 Å². The van der Waals surface area contributed by atoms with Gasteiger partial charge in [0.15, 0.2) is 12.4 Å². The van der Waals surface area contributed by atoms with Crippen molar-refractivity contribution in [3.63, 3.8) is 0 Å². The van der Waals surface area contributed by atoms with Gasteiger partial charge in [-0.15, -0.1) is 11.6 Å². The minimum absolute atomic E-state index is 0.0206. The molecule has 0 radical (unpaired) electrons. The predicted molar refractivity (Wildman–Crippen MR) is 57.3 cm³/mol. The molecule has 1 N–H and O–H groups in total. The molecular weight excluding hydrogens is 252 g/mol. The van der Waals surface area contributed by atoms with Gasteiger partial charge >= 0.3 is 11.9 Å². The summed E-state index contributed by atoms with van der Waals surface area (Å²) in [5.74, 6) is -1.02. The van der Waals surface area contributed by atoms with Crippen LogP contribution in [-0.4, -0.2) is 47.5 Å². The molecule has 0 aromatic heterocycles. The molecule has 0 unspecified atom stereocenters. The summed E-state index contributed by atoms with van der Waals surface area (Å²) in [7, 11) is 0. The lowest BCUT2D eigenvalue weighted by atomic mass is 10.0. The monoisotopic (exact) mass is 266 g/mol. The molecule has 0 amide bonds. The first kappa shape index (κ1) is 14.2. The number of halogens is 1. The Bertz CT molecular complexity index is 295. The molecule has 0 aromatic carbocycles. The molecule has 0 spiro atoms. The molecule has 0 aromatic rings. The fraction of sp³-hybridized carbons (Fsp3) is 0.800. The molecular formula is C10H15ClO6. The third-order valence-corrected chi connectivity index (χ3v) is 2.57. The number of aliphatic hydroxyl groups is 1. The van der Waals surface area contributed by atoms with Crippen molar-refractivity contribution in [3.05, 3.63) is 0 Å². The molecule has 1 aliphatic rings. The summed E-state index contributed by atoms with van der Waals surface area (Å²) in [6.07, 6.45) is -3.28. The summed E-state index contributed by atoms with van der Waals surface area (Å²) < 4.78 is 15.1. The van der Waals surface area contributed by atoms with Crippen molar-refractivity contribution in [2.45, 2.75) is 44.9 Å². The molecule has 1 heterocycles. The number of carbonyl (C=O) groups excluding carboxylic acids is 2. The maximum atomic E-state index is 11.0. The number of alkyl halides is 1. The van der Waals surface area contributed by atoms with E-state index in [-0.39, 0.29) is 12.3 Å². The molecule has 7 heteroatoms. The summed E-state index contributed by atoms with van der Waals surface area (Å²) in [4.78, 5) is 21.9. The highest BCUT2D eigenvalue weighted by atomic mass is 35.5. The van der Waals surface area contributed by atoms with E-state index < -0.39 is 36.5 Å². The Morgan fingerprint density at radius 2 is 1.94 bits per heavy atom. The van der Waals surface area contributed by atoms with Gasteiger partial charge in [-0.05, 0) is 0 Å². The maximum Gasteiger partial charge on any atom is 0.303 e. The summed E-state index contributed by atoms with van der Waals surface area (Å²) in [6.45, 7) is 2.48. The van der Waals surface area contributed by atoms with E-state index in [9.17, 15) is 14.7 Å². The number of hydrogen-bond acceptors (Lipinski definition) is 6. The fourth-order valence-electron chi connectivity index (χ4n) is 1.70. The van der Waals surface area contributed by atoms with E-state index in [1.165, 1.54) is 13.8 Å². The van der Waals surface area contributed by atoms with Crippen LogP contribution in [0.2, 0.25) is 0 Å². The Morgan fingerprint density at radius 3 is 2.41 bits per heavy atom. The zero-order valence-corrected chi connectivity index (χ0v) is 10.3. The van der Waals surface area contributed by atoms with Crippen LogP contribution >= 0.6 is 11.6 Å². The van der Waals surface area contributed by atoms with E-state index in [4.69, 9.17) is 25.8 Å². The Labute approximate surface area is 104 Å². The van der Waals surface area contributed by atoms with Crippen molar-refractivity contribution in [2.24, 2.45) is 0 Å². The standard InChI is InChI=1S/C10H15ClO6/c1-5(12)15-7-3-9(14)17-8(4-11)10(7)16-6(2)13/h7-10,14H,3-4H2,1-2H3/t7-,8+,9-,10+/m0/s1. The van der Waals surface area contributed by atoms with Crippen molar-refractivity contribution < 1.29 is 28.9 Å². The lowest BCUT2D eigenvalue weighted by molar-refractivity contribution is -0.240. The number of rotatable bonds is 3. The smallest absolute Gasteiger partial charge is 0.303 e. The Kier molecular flexibility index (Phi) is 5.17. The molecule has 0 bridgehead atoms. The first-order valence-corrected chi connectivity index (χ1v) is 5.71. The second-order valence-corrected chi connectivity index (χ2v) is 4.05. The van der Waals surface area contributed by atoms with Crippen molar-refractivity contribution in [2.75, 3.05) is 5.88 Å². The van der Waals surface area contributed by atoms with Gasteiger partial charge in [-0.1, -0.05) is 0 Å². The molecule has 1 saturated heterocycles. The van der Waals surface area contributed by atoms with Gasteiger partial charge in [0, 0.05) is 20.3 Å². The average molecular weight is 267 g/mol. The minimum Gasteiger partial charge on any atom is -0.458 e. The normalized spacial score (nSPS) is 32.9. The van der Waals surface area contributed by atoms with Crippen LogP contribution < -0.4 is 0 Å². The van der Waals surface area contributed by atoms with Gasteiger partial charge in [0.1, 0.15) is 12.2 Å². The molecule has 1 fully saturated rings. The number of carbonyl (C=O) groups is 2. The first-order valence-electron chi connectivity index (χ1n) is 5.18. The van der Waals surface area contributed by atoms with Crippen LogP contribution in [0.25, 0.3) is 0 Å². The third-order valence-electron chi connectivity index (χ3n) is 2.27. The van der Waals surface area contributed by atoms with Gasteiger partial charge in [-0.25, -0.2) is 0 Å². The highest BCUT2D eigenvalue weighted by Crippen LogP contribution is 2.25. The van der Waals surface area contributed by atoms with Gasteiger partial charge in [0.2, 0.25) is 0 Å². The lowest BCUT2D eigenvalue weighted by Gasteiger charge is -2.37. The highest BCUT2D eigenvalue weighted by molar-refractivity contribution is 6.18. The SMILES string of the molecule is CC(=O)O[C@@H]1[C@@H](OC(C)=O)C[C@@H](O)O[C@@H]1CCl. The van der Waals surface area contributed by atoms with E-state index >= 15 is 0 Å². The molecule has 17 heavy (non-hydrogen) atoms. The minimum atomic E-state index is -1.09. The second kappa shape index (κ2) is 6.18. The predicted octanol–water partition coefficient (Wildman–Crippen LogP) is 0.196. The summed E-state index contributed by atoms with van der Waals surface area (Å²) in [5, 5.41) is 9.43. The molecule has 6 nitrogen and oxygen atoms in total. The summed E-state index contributed by atoms with van der Waals surface area (Å²) in [5.41, 5.74) is 0.